The van der Waals surface area contributed by atoms with Crippen molar-refractivity contribution in [3.8, 4) is 0 Å². The third kappa shape index (κ3) is 8.31. The van der Waals surface area contributed by atoms with Crippen LogP contribution < -0.4 is 0 Å². The van der Waals surface area contributed by atoms with Gasteiger partial charge in [0.25, 0.3) is 0 Å². The van der Waals surface area contributed by atoms with Gasteiger partial charge in [0.15, 0.2) is 9.04 Å². The van der Waals surface area contributed by atoms with Gasteiger partial charge in [0, 0.05) is 0 Å². The van der Waals surface area contributed by atoms with Crippen LogP contribution in [0, 0.1) is 0 Å². The van der Waals surface area contributed by atoms with Crippen molar-refractivity contribution in [2.24, 2.45) is 0 Å². The molecule has 3 nitrogen and oxygen atoms in total. The first-order valence-corrected chi connectivity index (χ1v) is 8.46. The number of hydrogen-bond acceptors (Lipinski definition) is 3. The average molecular weight is 180 g/mol. The van der Waals surface area contributed by atoms with E-state index in [4.69, 9.17) is 13.6 Å². The van der Waals surface area contributed by atoms with E-state index in [-0.39, 0.29) is 0 Å². The zero-order valence-electron chi connectivity index (χ0n) is 6.83. The minimum atomic E-state index is -1.80. The fourth-order valence-corrected chi connectivity index (χ4v) is 1.51. The molecular weight excluding hydrogens is 164 g/mol. The third-order valence-electron chi connectivity index (χ3n) is 0.894. The van der Waals surface area contributed by atoms with E-state index in [1.165, 1.54) is 0 Å². The zero-order valence-corrected chi connectivity index (χ0v) is 9.14. The molecule has 0 radical (unpaired) electrons. The lowest BCUT2D eigenvalue weighted by molar-refractivity contribution is 0.195. The third-order valence-corrected chi connectivity index (χ3v) is 2.51. The van der Waals surface area contributed by atoms with E-state index in [1.54, 1.807) is 6.55 Å². The minimum Gasteiger partial charge on any atom is -0.418 e. The van der Waals surface area contributed by atoms with Gasteiger partial charge in [0.05, 0.1) is 13.2 Å². The molecule has 1 unspecified atom stereocenters. The van der Waals surface area contributed by atoms with Gasteiger partial charge < -0.3 is 13.6 Å². The van der Waals surface area contributed by atoms with Gasteiger partial charge in [-0.25, -0.2) is 0 Å². The Bertz CT molecular complexity index is 67.3. The summed E-state index contributed by atoms with van der Waals surface area (Å²) in [5, 5.41) is 0. The quantitative estimate of drug-likeness (QED) is 0.472. The van der Waals surface area contributed by atoms with Gasteiger partial charge in [-0.15, -0.1) is 0 Å². The maximum atomic E-state index is 8.79. The first kappa shape index (κ1) is 10.3. The number of hydrogen-bond donors (Lipinski definition) is 1. The van der Waals surface area contributed by atoms with Crippen molar-refractivity contribution >= 4 is 18.3 Å². The van der Waals surface area contributed by atoms with E-state index in [0.29, 0.717) is 13.2 Å². The molecule has 0 fully saturated rings. The van der Waals surface area contributed by atoms with Crippen molar-refractivity contribution in [2.75, 3.05) is 13.2 Å². The monoisotopic (exact) mass is 180 g/mol. The van der Waals surface area contributed by atoms with Gasteiger partial charge in [-0.2, -0.15) is 0 Å². The molecule has 0 saturated carbocycles. The van der Waals surface area contributed by atoms with Crippen LogP contribution in [0.3, 0.4) is 0 Å². The Balaban J connectivity index is 2.91. The average Bonchev–Trinajstić information content (AvgIpc) is 1.79. The predicted molar refractivity (Wildman–Crippen MR) is 46.0 cm³/mol. The van der Waals surface area contributed by atoms with Gasteiger partial charge in [0.1, 0.15) is 0 Å². The molecule has 0 bridgehead atoms. The summed E-state index contributed by atoms with van der Waals surface area (Å²) in [5.74, 6) is 0. The van der Waals surface area contributed by atoms with Crippen LogP contribution in [0.25, 0.3) is 0 Å². The van der Waals surface area contributed by atoms with Crippen molar-refractivity contribution < 1.29 is 13.6 Å². The van der Waals surface area contributed by atoms with Crippen molar-refractivity contribution in [1.29, 1.82) is 0 Å². The van der Waals surface area contributed by atoms with Gasteiger partial charge in [-0.3, -0.25) is 0 Å². The van der Waals surface area contributed by atoms with Crippen LogP contribution in [0.4, 0.5) is 0 Å². The molecule has 0 aliphatic heterocycles. The SMILES string of the molecule is C[SiH](C)OCCO[SiH](C)O. The Kier molecular flexibility index (Phi) is 6.24. The number of rotatable bonds is 5. The largest absolute Gasteiger partial charge is 0.418 e. The van der Waals surface area contributed by atoms with Crippen molar-refractivity contribution in [2.45, 2.75) is 19.6 Å². The normalized spacial score (nSPS) is 14.1. The van der Waals surface area contributed by atoms with Gasteiger partial charge in [-0.05, 0) is 19.6 Å². The molecule has 0 amide bonds. The van der Waals surface area contributed by atoms with Crippen molar-refractivity contribution in [1.82, 2.24) is 0 Å². The Morgan fingerprint density at radius 1 is 1.10 bits per heavy atom. The molecule has 62 valence electrons. The molecule has 0 aromatic heterocycles. The summed E-state index contributed by atoms with van der Waals surface area (Å²) in [7, 11) is -2.68. The predicted octanol–water partition coefficient (Wildman–Crippen LogP) is -0.154. The van der Waals surface area contributed by atoms with E-state index in [9.17, 15) is 0 Å². The van der Waals surface area contributed by atoms with Crippen molar-refractivity contribution in [3.63, 3.8) is 0 Å². The molecule has 0 saturated heterocycles. The maximum Gasteiger partial charge on any atom is 0.315 e. The van der Waals surface area contributed by atoms with Crippen LogP contribution in [-0.2, 0) is 8.85 Å². The molecule has 0 spiro atoms. The summed E-state index contributed by atoms with van der Waals surface area (Å²) < 4.78 is 10.3. The standard InChI is InChI=1S/C5H16O3Si2/c1-9(2)7-4-5-8-10(3)6/h6,9-10H,4-5H2,1-3H3. The van der Waals surface area contributed by atoms with Crippen molar-refractivity contribution in [3.05, 3.63) is 0 Å². The highest BCUT2D eigenvalue weighted by Gasteiger charge is 1.98. The summed E-state index contributed by atoms with van der Waals surface area (Å²) >= 11 is 0. The highest BCUT2D eigenvalue weighted by Crippen LogP contribution is 1.85. The van der Waals surface area contributed by atoms with Crippen LogP contribution in [0.2, 0.25) is 19.6 Å². The Morgan fingerprint density at radius 2 is 1.60 bits per heavy atom. The molecule has 5 heteroatoms. The van der Waals surface area contributed by atoms with E-state index in [1.807, 2.05) is 0 Å². The molecule has 0 aliphatic rings. The smallest absolute Gasteiger partial charge is 0.315 e. The Morgan fingerprint density at radius 3 is 2.00 bits per heavy atom. The van der Waals surface area contributed by atoms with Crippen LogP contribution in [-0.4, -0.2) is 36.3 Å². The first-order chi connectivity index (χ1) is 4.63. The van der Waals surface area contributed by atoms with E-state index >= 15 is 0 Å². The lowest BCUT2D eigenvalue weighted by Crippen LogP contribution is -2.19. The second kappa shape index (κ2) is 6.05. The maximum absolute atomic E-state index is 8.79. The topological polar surface area (TPSA) is 38.7 Å². The molecule has 10 heavy (non-hydrogen) atoms. The van der Waals surface area contributed by atoms with Gasteiger partial charge >= 0.3 is 9.28 Å². The Hall–Kier alpha value is 0.314. The lowest BCUT2D eigenvalue weighted by Gasteiger charge is -2.07. The zero-order chi connectivity index (χ0) is 7.98. The van der Waals surface area contributed by atoms with Gasteiger partial charge in [-0.1, -0.05) is 0 Å². The molecule has 0 rings (SSSR count). The lowest BCUT2D eigenvalue weighted by atomic mass is 10.8. The molecule has 1 N–H and O–H groups in total. The minimum absolute atomic E-state index is 0.551. The highest BCUT2D eigenvalue weighted by molar-refractivity contribution is 6.48. The fourth-order valence-electron chi connectivity index (χ4n) is 0.502. The van der Waals surface area contributed by atoms with Crippen LogP contribution in [0.15, 0.2) is 0 Å². The van der Waals surface area contributed by atoms with Crippen LogP contribution in [0.1, 0.15) is 0 Å². The second-order valence-corrected chi connectivity index (χ2v) is 6.35. The summed E-state index contributed by atoms with van der Waals surface area (Å²) in [5.41, 5.74) is 0. The van der Waals surface area contributed by atoms with Gasteiger partial charge in [0.2, 0.25) is 0 Å². The molecule has 0 aromatic carbocycles. The molecule has 0 heterocycles. The summed E-state index contributed by atoms with van der Waals surface area (Å²) in [6, 6.07) is 0. The summed E-state index contributed by atoms with van der Waals surface area (Å²) in [6.45, 7) is 7.14. The van der Waals surface area contributed by atoms with E-state index < -0.39 is 18.3 Å². The molecular formula is C5H16O3Si2. The second-order valence-electron chi connectivity index (χ2n) is 2.39. The van der Waals surface area contributed by atoms with E-state index in [0.717, 1.165) is 0 Å². The van der Waals surface area contributed by atoms with Crippen LogP contribution in [0.5, 0.6) is 0 Å². The van der Waals surface area contributed by atoms with Crippen LogP contribution >= 0.6 is 0 Å². The fraction of sp³-hybridized carbons (Fsp3) is 1.00. The molecule has 0 aromatic rings. The summed E-state index contributed by atoms with van der Waals surface area (Å²) in [6.07, 6.45) is 0. The summed E-state index contributed by atoms with van der Waals surface area (Å²) in [4.78, 5) is 8.79. The first-order valence-electron chi connectivity index (χ1n) is 3.54. The molecule has 1 atom stereocenters. The molecule has 0 aliphatic carbocycles. The Labute approximate surface area is 65.5 Å². The van der Waals surface area contributed by atoms with E-state index in [2.05, 4.69) is 13.1 Å². The highest BCUT2D eigenvalue weighted by atomic mass is 28.3.